The van der Waals surface area contributed by atoms with E-state index in [9.17, 15) is 14.9 Å². The smallest absolute Gasteiger partial charge is 0.292 e. The lowest BCUT2D eigenvalue weighted by molar-refractivity contribution is -0.383. The first-order valence-corrected chi connectivity index (χ1v) is 7.15. The van der Waals surface area contributed by atoms with Gasteiger partial charge in [0.05, 0.1) is 11.5 Å². The largest absolute Gasteiger partial charge is 0.319 e. The third kappa shape index (κ3) is 3.93. The van der Waals surface area contributed by atoms with Crippen molar-refractivity contribution in [2.24, 2.45) is 0 Å². The molecular formula is C12H15N3O3S. The van der Waals surface area contributed by atoms with Crippen LogP contribution in [0.4, 0.5) is 11.4 Å². The van der Waals surface area contributed by atoms with Gasteiger partial charge in [-0.1, -0.05) is 12.1 Å². The molecule has 19 heavy (non-hydrogen) atoms. The van der Waals surface area contributed by atoms with Crippen molar-refractivity contribution in [3.05, 3.63) is 34.4 Å². The molecule has 1 saturated heterocycles. The summed E-state index contributed by atoms with van der Waals surface area (Å²) in [6.45, 7) is 2.05. The summed E-state index contributed by atoms with van der Waals surface area (Å²) in [4.78, 5) is 24.3. The number of benzene rings is 1. The zero-order valence-electron chi connectivity index (χ0n) is 10.4. The summed E-state index contributed by atoms with van der Waals surface area (Å²) in [5.41, 5.74) is 0.175. The van der Waals surface area contributed by atoms with E-state index in [4.69, 9.17) is 0 Å². The predicted octanol–water partition coefficient (Wildman–Crippen LogP) is 1.58. The first kappa shape index (κ1) is 13.8. The van der Waals surface area contributed by atoms with Gasteiger partial charge in [0.25, 0.3) is 5.69 Å². The van der Waals surface area contributed by atoms with E-state index in [1.54, 1.807) is 18.2 Å². The van der Waals surface area contributed by atoms with Crippen LogP contribution in [0, 0.1) is 10.1 Å². The molecule has 2 rings (SSSR count). The Morgan fingerprint density at radius 1 is 1.37 bits per heavy atom. The van der Waals surface area contributed by atoms with Gasteiger partial charge in [-0.3, -0.25) is 19.8 Å². The van der Waals surface area contributed by atoms with Crippen LogP contribution in [0.5, 0.6) is 0 Å². The Bertz CT molecular complexity index is 475. The maximum absolute atomic E-state index is 11.9. The van der Waals surface area contributed by atoms with Crippen molar-refractivity contribution in [3.63, 3.8) is 0 Å². The number of nitrogens with one attached hydrogen (secondary N) is 1. The number of nitrogens with zero attached hydrogens (tertiary/aromatic N) is 2. The van der Waals surface area contributed by atoms with E-state index in [2.05, 4.69) is 10.2 Å². The summed E-state index contributed by atoms with van der Waals surface area (Å²) < 4.78 is 0. The Labute approximate surface area is 115 Å². The number of rotatable bonds is 4. The molecule has 0 bridgehead atoms. The summed E-state index contributed by atoms with van der Waals surface area (Å²) in [7, 11) is 0. The number of amides is 1. The Morgan fingerprint density at radius 3 is 2.74 bits per heavy atom. The third-order valence-corrected chi connectivity index (χ3v) is 3.79. The predicted molar refractivity (Wildman–Crippen MR) is 75.5 cm³/mol. The number of nitro benzene ring substituents is 1. The van der Waals surface area contributed by atoms with Crippen molar-refractivity contribution in [1.29, 1.82) is 0 Å². The van der Waals surface area contributed by atoms with Crippen molar-refractivity contribution >= 4 is 29.0 Å². The van der Waals surface area contributed by atoms with E-state index >= 15 is 0 Å². The second-order valence-electron chi connectivity index (χ2n) is 4.21. The topological polar surface area (TPSA) is 75.5 Å². The maximum Gasteiger partial charge on any atom is 0.292 e. The van der Waals surface area contributed by atoms with Crippen molar-refractivity contribution in [2.45, 2.75) is 0 Å². The molecule has 1 aliphatic heterocycles. The average molecular weight is 281 g/mol. The van der Waals surface area contributed by atoms with E-state index in [0.29, 0.717) is 0 Å². The normalized spacial score (nSPS) is 16.0. The molecule has 0 aliphatic carbocycles. The van der Waals surface area contributed by atoms with Crippen LogP contribution >= 0.6 is 11.8 Å². The molecule has 0 saturated carbocycles. The van der Waals surface area contributed by atoms with Gasteiger partial charge < -0.3 is 5.32 Å². The Morgan fingerprint density at radius 2 is 2.05 bits per heavy atom. The van der Waals surface area contributed by atoms with E-state index in [1.165, 1.54) is 6.07 Å². The highest BCUT2D eigenvalue weighted by Crippen LogP contribution is 2.23. The van der Waals surface area contributed by atoms with Gasteiger partial charge in [-0.2, -0.15) is 11.8 Å². The molecule has 102 valence electrons. The SMILES string of the molecule is O=C(CN1CCSCC1)Nc1ccccc1[N+](=O)[O-]. The zero-order chi connectivity index (χ0) is 13.7. The lowest BCUT2D eigenvalue weighted by Crippen LogP contribution is -2.38. The summed E-state index contributed by atoms with van der Waals surface area (Å²) in [5, 5.41) is 13.4. The number of thioether (sulfide) groups is 1. The molecule has 1 amide bonds. The van der Waals surface area contributed by atoms with Crippen molar-refractivity contribution in [3.8, 4) is 0 Å². The number of carbonyl (C=O) groups is 1. The van der Waals surface area contributed by atoms with Gasteiger partial charge in [-0.25, -0.2) is 0 Å². The van der Waals surface area contributed by atoms with Crippen LogP contribution < -0.4 is 5.32 Å². The molecule has 1 aliphatic rings. The van der Waals surface area contributed by atoms with E-state index < -0.39 is 4.92 Å². The van der Waals surface area contributed by atoms with Crippen LogP contribution in [0.2, 0.25) is 0 Å². The number of carbonyl (C=O) groups excluding carboxylic acids is 1. The van der Waals surface area contributed by atoms with Crippen molar-refractivity contribution in [1.82, 2.24) is 4.90 Å². The first-order valence-electron chi connectivity index (χ1n) is 6.00. The number of hydrogen-bond acceptors (Lipinski definition) is 5. The molecule has 0 radical (unpaired) electrons. The van der Waals surface area contributed by atoms with E-state index in [-0.39, 0.29) is 23.8 Å². The molecule has 1 aromatic rings. The van der Waals surface area contributed by atoms with Crippen molar-refractivity contribution < 1.29 is 9.72 Å². The van der Waals surface area contributed by atoms with E-state index in [0.717, 1.165) is 24.6 Å². The van der Waals surface area contributed by atoms with Gasteiger partial charge in [-0.05, 0) is 6.07 Å². The van der Waals surface area contributed by atoms with Crippen LogP contribution in [0.15, 0.2) is 24.3 Å². The van der Waals surface area contributed by atoms with Gasteiger partial charge in [-0.15, -0.1) is 0 Å². The lowest BCUT2D eigenvalue weighted by atomic mass is 10.2. The van der Waals surface area contributed by atoms with Crippen LogP contribution in [-0.4, -0.2) is 46.9 Å². The molecule has 0 unspecified atom stereocenters. The van der Waals surface area contributed by atoms with Gasteiger partial charge in [0.15, 0.2) is 0 Å². The van der Waals surface area contributed by atoms with Gasteiger partial charge in [0, 0.05) is 30.7 Å². The fraction of sp³-hybridized carbons (Fsp3) is 0.417. The minimum absolute atomic E-state index is 0.0787. The molecule has 1 heterocycles. The fourth-order valence-electron chi connectivity index (χ4n) is 1.89. The molecule has 0 aromatic heterocycles. The molecule has 0 atom stereocenters. The van der Waals surface area contributed by atoms with Crippen LogP contribution in [0.25, 0.3) is 0 Å². The first-order chi connectivity index (χ1) is 9.16. The van der Waals surface area contributed by atoms with Crippen LogP contribution in [0.3, 0.4) is 0 Å². The molecule has 7 heteroatoms. The average Bonchev–Trinajstić information content (AvgIpc) is 2.40. The second-order valence-corrected chi connectivity index (χ2v) is 5.44. The van der Waals surface area contributed by atoms with Crippen LogP contribution in [0.1, 0.15) is 0 Å². The summed E-state index contributed by atoms with van der Waals surface area (Å²) in [5.74, 6) is 1.85. The Hall–Kier alpha value is -1.60. The summed E-state index contributed by atoms with van der Waals surface area (Å²) in [6.07, 6.45) is 0. The van der Waals surface area contributed by atoms with Gasteiger partial charge >= 0.3 is 0 Å². The maximum atomic E-state index is 11.9. The standard InChI is InChI=1S/C12H15N3O3S/c16-12(9-14-5-7-19-8-6-14)13-10-3-1-2-4-11(10)15(17)18/h1-4H,5-9H2,(H,13,16). The minimum atomic E-state index is -0.493. The molecule has 6 nitrogen and oxygen atoms in total. The van der Waals surface area contributed by atoms with Gasteiger partial charge in [0.2, 0.25) is 5.91 Å². The molecule has 0 spiro atoms. The monoisotopic (exact) mass is 281 g/mol. The van der Waals surface area contributed by atoms with Crippen molar-refractivity contribution in [2.75, 3.05) is 36.5 Å². The van der Waals surface area contributed by atoms with Crippen LogP contribution in [-0.2, 0) is 4.79 Å². The summed E-state index contributed by atoms with van der Waals surface area (Å²) >= 11 is 1.87. The highest BCUT2D eigenvalue weighted by atomic mass is 32.2. The highest BCUT2D eigenvalue weighted by Gasteiger charge is 2.17. The lowest BCUT2D eigenvalue weighted by Gasteiger charge is -2.25. The fourth-order valence-corrected chi connectivity index (χ4v) is 2.87. The highest BCUT2D eigenvalue weighted by molar-refractivity contribution is 7.99. The Balaban J connectivity index is 1.96. The van der Waals surface area contributed by atoms with E-state index in [1.807, 2.05) is 11.8 Å². The second kappa shape index (κ2) is 6.53. The zero-order valence-corrected chi connectivity index (χ0v) is 11.2. The molecular weight excluding hydrogens is 266 g/mol. The number of nitro groups is 1. The van der Waals surface area contributed by atoms with Gasteiger partial charge in [0.1, 0.15) is 5.69 Å². The number of hydrogen-bond donors (Lipinski definition) is 1. The summed E-state index contributed by atoms with van der Waals surface area (Å²) in [6, 6.07) is 6.17. The molecule has 1 fully saturated rings. The molecule has 1 aromatic carbocycles. The number of para-hydroxylation sites is 2. The molecule has 1 N–H and O–H groups in total. The quantitative estimate of drug-likeness (QED) is 0.670. The Kier molecular flexibility index (Phi) is 4.75. The number of anilines is 1. The minimum Gasteiger partial charge on any atom is -0.319 e. The third-order valence-electron chi connectivity index (χ3n) is 2.85.